The molecule has 0 atom stereocenters. The fourth-order valence-corrected chi connectivity index (χ4v) is 2.39. The van der Waals surface area contributed by atoms with Crippen LogP contribution in [-0.2, 0) is 6.42 Å². The summed E-state index contributed by atoms with van der Waals surface area (Å²) in [6.07, 6.45) is 0.587. The number of rotatable bonds is 4. The number of hydrogen-bond donors (Lipinski definition) is 2. The van der Waals surface area contributed by atoms with E-state index >= 15 is 0 Å². The molecular formula is C16H13Cl2N3O. The minimum absolute atomic E-state index is 0.368. The van der Waals surface area contributed by atoms with Crippen molar-refractivity contribution in [2.45, 2.75) is 6.42 Å². The zero-order valence-corrected chi connectivity index (χ0v) is 13.1. The van der Waals surface area contributed by atoms with Gasteiger partial charge in [-0.3, -0.25) is 0 Å². The van der Waals surface area contributed by atoms with Gasteiger partial charge >= 0.3 is 6.03 Å². The molecule has 0 heterocycles. The predicted molar refractivity (Wildman–Crippen MR) is 88.3 cm³/mol. The number of carbonyl (C=O) groups excluding carboxylic acids is 1. The maximum absolute atomic E-state index is 11.8. The van der Waals surface area contributed by atoms with Gasteiger partial charge in [0.1, 0.15) is 6.07 Å². The highest BCUT2D eigenvalue weighted by Crippen LogP contribution is 2.21. The Balaban J connectivity index is 1.87. The monoisotopic (exact) mass is 333 g/mol. The van der Waals surface area contributed by atoms with E-state index in [1.54, 1.807) is 36.4 Å². The summed E-state index contributed by atoms with van der Waals surface area (Å²) in [4.78, 5) is 11.8. The van der Waals surface area contributed by atoms with Crippen molar-refractivity contribution in [1.29, 1.82) is 5.26 Å². The lowest BCUT2D eigenvalue weighted by Gasteiger charge is -2.09. The minimum Gasteiger partial charge on any atom is -0.338 e. The van der Waals surface area contributed by atoms with Crippen molar-refractivity contribution in [2.24, 2.45) is 0 Å². The Morgan fingerprint density at radius 3 is 2.68 bits per heavy atom. The Morgan fingerprint density at radius 2 is 1.95 bits per heavy atom. The summed E-state index contributed by atoms with van der Waals surface area (Å²) in [6.45, 7) is 0.419. The van der Waals surface area contributed by atoms with Gasteiger partial charge in [0.05, 0.1) is 11.3 Å². The molecule has 0 aliphatic carbocycles. The van der Waals surface area contributed by atoms with Crippen molar-refractivity contribution in [3.8, 4) is 6.07 Å². The van der Waals surface area contributed by atoms with Gasteiger partial charge in [-0.2, -0.15) is 5.26 Å². The average Bonchev–Trinajstić information content (AvgIpc) is 2.50. The molecule has 2 rings (SSSR count). The number of hydrogen-bond acceptors (Lipinski definition) is 2. The van der Waals surface area contributed by atoms with Crippen LogP contribution < -0.4 is 10.6 Å². The fraction of sp³-hybridized carbons (Fsp3) is 0.125. The van der Waals surface area contributed by atoms with Crippen molar-refractivity contribution in [3.63, 3.8) is 0 Å². The lowest BCUT2D eigenvalue weighted by molar-refractivity contribution is 0.252. The predicted octanol–water partition coefficient (Wildman–Crippen LogP) is 4.23. The number of urea groups is 1. The first-order valence-electron chi connectivity index (χ1n) is 6.58. The third-order valence-electron chi connectivity index (χ3n) is 2.99. The van der Waals surface area contributed by atoms with E-state index in [2.05, 4.69) is 10.6 Å². The molecule has 0 aromatic heterocycles. The average molecular weight is 334 g/mol. The fourth-order valence-electron chi connectivity index (χ4n) is 1.89. The summed E-state index contributed by atoms with van der Waals surface area (Å²) in [5.74, 6) is 0. The molecule has 2 aromatic rings. The van der Waals surface area contributed by atoms with Crippen LogP contribution in [0.3, 0.4) is 0 Å². The summed E-state index contributed by atoms with van der Waals surface area (Å²) in [7, 11) is 0. The minimum atomic E-state index is -0.368. The number of nitrogens with zero attached hydrogens (tertiary/aromatic N) is 1. The molecule has 2 N–H and O–H groups in total. The number of anilines is 1. The van der Waals surface area contributed by atoms with Crippen LogP contribution in [-0.4, -0.2) is 12.6 Å². The molecule has 0 saturated heterocycles. The lowest BCUT2D eigenvalue weighted by atomic mass is 10.1. The number of halogens is 2. The number of para-hydroxylation sites is 1. The van der Waals surface area contributed by atoms with E-state index in [1.807, 2.05) is 12.1 Å². The van der Waals surface area contributed by atoms with Crippen LogP contribution in [0.25, 0.3) is 0 Å². The van der Waals surface area contributed by atoms with Gasteiger partial charge in [-0.15, -0.1) is 0 Å². The van der Waals surface area contributed by atoms with Crippen molar-refractivity contribution in [1.82, 2.24) is 5.32 Å². The largest absolute Gasteiger partial charge is 0.338 e. The maximum atomic E-state index is 11.8. The summed E-state index contributed by atoms with van der Waals surface area (Å²) in [5, 5.41) is 15.5. The number of carbonyl (C=O) groups is 1. The van der Waals surface area contributed by atoms with E-state index in [-0.39, 0.29) is 6.03 Å². The summed E-state index contributed by atoms with van der Waals surface area (Å²) >= 11 is 11.9. The van der Waals surface area contributed by atoms with E-state index in [1.165, 1.54) is 0 Å². The van der Waals surface area contributed by atoms with Gasteiger partial charge in [0, 0.05) is 16.6 Å². The van der Waals surface area contributed by atoms with Gasteiger partial charge in [0.15, 0.2) is 0 Å². The number of amides is 2. The Kier molecular flexibility index (Phi) is 5.65. The Labute approximate surface area is 138 Å². The molecule has 112 valence electrons. The molecule has 0 unspecified atom stereocenters. The zero-order chi connectivity index (χ0) is 15.9. The molecule has 2 amide bonds. The van der Waals surface area contributed by atoms with Crippen molar-refractivity contribution in [2.75, 3.05) is 11.9 Å². The number of benzene rings is 2. The number of nitriles is 1. The second-order valence-electron chi connectivity index (χ2n) is 4.52. The summed E-state index contributed by atoms with van der Waals surface area (Å²) in [6, 6.07) is 13.7. The van der Waals surface area contributed by atoms with Gasteiger partial charge in [0.2, 0.25) is 0 Å². The van der Waals surface area contributed by atoms with Crippen LogP contribution in [0.5, 0.6) is 0 Å². The first kappa shape index (κ1) is 16.2. The molecule has 0 aliphatic heterocycles. The topological polar surface area (TPSA) is 64.9 Å². The van der Waals surface area contributed by atoms with Crippen LogP contribution in [0.15, 0.2) is 42.5 Å². The van der Waals surface area contributed by atoms with E-state index < -0.39 is 0 Å². The zero-order valence-electron chi connectivity index (χ0n) is 11.6. The van der Waals surface area contributed by atoms with Crippen molar-refractivity contribution in [3.05, 3.63) is 63.6 Å². The van der Waals surface area contributed by atoms with Gasteiger partial charge in [-0.25, -0.2) is 4.79 Å². The molecule has 0 fully saturated rings. The van der Waals surface area contributed by atoms with E-state index in [4.69, 9.17) is 28.5 Å². The van der Waals surface area contributed by atoms with Gasteiger partial charge in [-0.05, 0) is 36.2 Å². The van der Waals surface area contributed by atoms with E-state index in [9.17, 15) is 4.79 Å². The molecule has 0 spiro atoms. The maximum Gasteiger partial charge on any atom is 0.319 e. The standard InChI is InChI=1S/C16H13Cl2N3O/c17-13-6-5-11(14(18)9-13)7-8-20-16(22)21-15-4-2-1-3-12(15)10-19/h1-6,9H,7-8H2,(H2,20,21,22). The summed E-state index contributed by atoms with van der Waals surface area (Å²) in [5.41, 5.74) is 1.80. The van der Waals surface area contributed by atoms with Crippen LogP contribution >= 0.6 is 23.2 Å². The molecule has 0 bridgehead atoms. The molecular weight excluding hydrogens is 321 g/mol. The second kappa shape index (κ2) is 7.69. The van der Waals surface area contributed by atoms with Gasteiger partial charge in [0.25, 0.3) is 0 Å². The highest BCUT2D eigenvalue weighted by Gasteiger charge is 2.06. The van der Waals surface area contributed by atoms with Crippen molar-refractivity contribution < 1.29 is 4.79 Å². The first-order chi connectivity index (χ1) is 10.6. The van der Waals surface area contributed by atoms with E-state index in [0.29, 0.717) is 34.3 Å². The Hall–Kier alpha value is -2.22. The molecule has 22 heavy (non-hydrogen) atoms. The molecule has 0 saturated carbocycles. The Morgan fingerprint density at radius 1 is 1.18 bits per heavy atom. The smallest absolute Gasteiger partial charge is 0.319 e. The Bertz CT molecular complexity index is 726. The second-order valence-corrected chi connectivity index (χ2v) is 5.37. The first-order valence-corrected chi connectivity index (χ1v) is 7.33. The number of nitrogens with one attached hydrogen (secondary N) is 2. The SMILES string of the molecule is N#Cc1ccccc1NC(=O)NCCc1ccc(Cl)cc1Cl. The molecule has 6 heteroatoms. The third kappa shape index (κ3) is 4.39. The lowest BCUT2D eigenvalue weighted by Crippen LogP contribution is -2.30. The highest BCUT2D eigenvalue weighted by molar-refractivity contribution is 6.35. The van der Waals surface area contributed by atoms with Crippen LogP contribution in [0.2, 0.25) is 10.0 Å². The molecule has 0 aliphatic rings. The molecule has 4 nitrogen and oxygen atoms in total. The normalized spacial score (nSPS) is 9.86. The van der Waals surface area contributed by atoms with Gasteiger partial charge in [-0.1, -0.05) is 41.4 Å². The highest BCUT2D eigenvalue weighted by atomic mass is 35.5. The van der Waals surface area contributed by atoms with Crippen LogP contribution in [0.1, 0.15) is 11.1 Å². The van der Waals surface area contributed by atoms with Crippen molar-refractivity contribution >= 4 is 34.9 Å². The quantitative estimate of drug-likeness (QED) is 0.879. The van der Waals surface area contributed by atoms with E-state index in [0.717, 1.165) is 5.56 Å². The third-order valence-corrected chi connectivity index (χ3v) is 3.58. The van der Waals surface area contributed by atoms with Crippen LogP contribution in [0, 0.1) is 11.3 Å². The van der Waals surface area contributed by atoms with Gasteiger partial charge < -0.3 is 10.6 Å². The molecule has 2 aromatic carbocycles. The summed E-state index contributed by atoms with van der Waals surface area (Å²) < 4.78 is 0. The molecule has 0 radical (unpaired) electrons. The van der Waals surface area contributed by atoms with Crippen LogP contribution in [0.4, 0.5) is 10.5 Å².